The van der Waals surface area contributed by atoms with E-state index in [4.69, 9.17) is 0 Å². The molecule has 0 aromatic heterocycles. The van der Waals surface area contributed by atoms with Crippen molar-refractivity contribution >= 4 is 0 Å². The number of nitrogens with one attached hydrogen (secondary N) is 1. The highest BCUT2D eigenvalue weighted by Crippen LogP contribution is 2.13. The highest BCUT2D eigenvalue weighted by molar-refractivity contribution is 4.57. The molecule has 0 radical (unpaired) electrons. The van der Waals surface area contributed by atoms with Gasteiger partial charge in [0, 0.05) is 0 Å². The van der Waals surface area contributed by atoms with E-state index in [1.165, 1.54) is 32.2 Å². The lowest BCUT2D eigenvalue weighted by atomic mass is 9.97. The van der Waals surface area contributed by atoms with Crippen LogP contribution in [0.15, 0.2) is 0 Å². The molecule has 0 aliphatic carbocycles. The maximum atomic E-state index is 3.19. The SMILES string of the molecule is CCCC(CC)CCNC. The van der Waals surface area contributed by atoms with Crippen LogP contribution in [0.5, 0.6) is 0 Å². The van der Waals surface area contributed by atoms with Crippen LogP contribution in [0.3, 0.4) is 0 Å². The fraction of sp³-hybridized carbons (Fsp3) is 1.00. The van der Waals surface area contributed by atoms with E-state index in [0.717, 1.165) is 5.92 Å². The monoisotopic (exact) mass is 143 g/mol. The first-order valence-corrected chi connectivity index (χ1v) is 4.49. The Kier molecular flexibility index (Phi) is 7.04. The van der Waals surface area contributed by atoms with Gasteiger partial charge in [0.1, 0.15) is 0 Å². The topological polar surface area (TPSA) is 12.0 Å². The molecule has 62 valence electrons. The standard InChI is InChI=1S/C9H21N/c1-4-6-9(5-2)7-8-10-3/h9-10H,4-8H2,1-3H3. The van der Waals surface area contributed by atoms with Crippen LogP contribution in [0.2, 0.25) is 0 Å². The van der Waals surface area contributed by atoms with E-state index < -0.39 is 0 Å². The van der Waals surface area contributed by atoms with Crippen molar-refractivity contribution in [3.8, 4) is 0 Å². The molecular weight excluding hydrogens is 122 g/mol. The van der Waals surface area contributed by atoms with Crippen LogP contribution >= 0.6 is 0 Å². The fourth-order valence-corrected chi connectivity index (χ4v) is 1.31. The summed E-state index contributed by atoms with van der Waals surface area (Å²) in [6.45, 7) is 5.73. The van der Waals surface area contributed by atoms with Crippen molar-refractivity contribution in [2.75, 3.05) is 13.6 Å². The van der Waals surface area contributed by atoms with Gasteiger partial charge in [-0.05, 0) is 25.9 Å². The minimum absolute atomic E-state index is 0.956. The Morgan fingerprint density at radius 1 is 1.20 bits per heavy atom. The van der Waals surface area contributed by atoms with Gasteiger partial charge in [-0.3, -0.25) is 0 Å². The van der Waals surface area contributed by atoms with Gasteiger partial charge in [-0.25, -0.2) is 0 Å². The zero-order valence-corrected chi connectivity index (χ0v) is 7.61. The zero-order valence-electron chi connectivity index (χ0n) is 7.61. The molecule has 1 nitrogen and oxygen atoms in total. The number of hydrogen-bond donors (Lipinski definition) is 1. The first-order valence-electron chi connectivity index (χ1n) is 4.49. The molecule has 1 heteroatoms. The first kappa shape index (κ1) is 9.96. The van der Waals surface area contributed by atoms with Crippen molar-refractivity contribution in [2.24, 2.45) is 5.92 Å². The van der Waals surface area contributed by atoms with Crippen molar-refractivity contribution in [3.63, 3.8) is 0 Å². The summed E-state index contributed by atoms with van der Waals surface area (Å²) in [5.74, 6) is 0.956. The molecule has 0 spiro atoms. The van der Waals surface area contributed by atoms with Crippen LogP contribution in [-0.2, 0) is 0 Å². The van der Waals surface area contributed by atoms with Gasteiger partial charge in [-0.1, -0.05) is 33.1 Å². The molecule has 0 aliphatic rings. The van der Waals surface area contributed by atoms with Crippen molar-refractivity contribution < 1.29 is 0 Å². The Morgan fingerprint density at radius 3 is 2.30 bits per heavy atom. The summed E-state index contributed by atoms with van der Waals surface area (Å²) >= 11 is 0. The predicted octanol–water partition coefficient (Wildman–Crippen LogP) is 2.42. The van der Waals surface area contributed by atoms with E-state index in [9.17, 15) is 0 Å². The third-order valence-corrected chi connectivity index (χ3v) is 2.08. The lowest BCUT2D eigenvalue weighted by Crippen LogP contribution is -2.12. The van der Waals surface area contributed by atoms with E-state index in [1.807, 2.05) is 7.05 Å². The molecule has 1 N–H and O–H groups in total. The van der Waals surface area contributed by atoms with Gasteiger partial charge in [0.15, 0.2) is 0 Å². The first-order chi connectivity index (χ1) is 4.85. The van der Waals surface area contributed by atoms with Crippen molar-refractivity contribution in [2.45, 2.75) is 39.5 Å². The Labute approximate surface area is 65.2 Å². The summed E-state index contributed by atoms with van der Waals surface area (Å²) in [6.07, 6.45) is 5.43. The normalized spacial score (nSPS) is 13.5. The average molecular weight is 143 g/mol. The van der Waals surface area contributed by atoms with E-state index in [-0.39, 0.29) is 0 Å². The lowest BCUT2D eigenvalue weighted by molar-refractivity contribution is 0.426. The smallest absolute Gasteiger partial charge is 0.00493 e. The Morgan fingerprint density at radius 2 is 1.90 bits per heavy atom. The maximum absolute atomic E-state index is 3.19. The maximum Gasteiger partial charge on any atom is -0.00493 e. The molecule has 0 saturated carbocycles. The zero-order chi connectivity index (χ0) is 7.82. The van der Waals surface area contributed by atoms with Crippen LogP contribution in [0.1, 0.15) is 39.5 Å². The lowest BCUT2D eigenvalue weighted by Gasteiger charge is -2.12. The molecule has 0 heterocycles. The molecule has 0 rings (SSSR count). The Balaban J connectivity index is 3.21. The van der Waals surface area contributed by atoms with E-state index in [1.54, 1.807) is 0 Å². The van der Waals surface area contributed by atoms with Gasteiger partial charge in [0.25, 0.3) is 0 Å². The van der Waals surface area contributed by atoms with Crippen LogP contribution in [0.25, 0.3) is 0 Å². The molecule has 1 unspecified atom stereocenters. The largest absolute Gasteiger partial charge is 0.320 e. The van der Waals surface area contributed by atoms with Crippen molar-refractivity contribution in [1.82, 2.24) is 5.32 Å². The highest BCUT2D eigenvalue weighted by atomic mass is 14.8. The average Bonchev–Trinajstić information content (AvgIpc) is 1.98. The minimum Gasteiger partial charge on any atom is -0.320 e. The summed E-state index contributed by atoms with van der Waals surface area (Å²) in [7, 11) is 2.03. The molecule has 0 aliphatic heterocycles. The number of hydrogen-bond acceptors (Lipinski definition) is 1. The van der Waals surface area contributed by atoms with Crippen LogP contribution < -0.4 is 5.32 Å². The Hall–Kier alpha value is -0.0400. The molecule has 1 atom stereocenters. The minimum atomic E-state index is 0.956. The molecule has 0 amide bonds. The molecule has 0 fully saturated rings. The molecular formula is C9H21N. The second-order valence-electron chi connectivity index (χ2n) is 2.96. The fourth-order valence-electron chi connectivity index (χ4n) is 1.31. The summed E-state index contributed by atoms with van der Waals surface area (Å²) < 4.78 is 0. The predicted molar refractivity (Wildman–Crippen MR) is 47.2 cm³/mol. The molecule has 0 aromatic rings. The second kappa shape index (κ2) is 7.07. The second-order valence-corrected chi connectivity index (χ2v) is 2.96. The Bertz CT molecular complexity index is 61.7. The summed E-state index contributed by atoms with van der Waals surface area (Å²) in [5, 5.41) is 3.19. The van der Waals surface area contributed by atoms with Gasteiger partial charge in [0.05, 0.1) is 0 Å². The highest BCUT2D eigenvalue weighted by Gasteiger charge is 2.02. The third kappa shape index (κ3) is 4.80. The van der Waals surface area contributed by atoms with E-state index in [2.05, 4.69) is 19.2 Å². The van der Waals surface area contributed by atoms with Gasteiger partial charge in [0.2, 0.25) is 0 Å². The van der Waals surface area contributed by atoms with Crippen molar-refractivity contribution in [1.29, 1.82) is 0 Å². The molecule has 0 saturated heterocycles. The molecule has 10 heavy (non-hydrogen) atoms. The van der Waals surface area contributed by atoms with Crippen molar-refractivity contribution in [3.05, 3.63) is 0 Å². The van der Waals surface area contributed by atoms with Gasteiger partial charge in [-0.15, -0.1) is 0 Å². The number of rotatable bonds is 6. The molecule has 0 aromatic carbocycles. The molecule has 0 bridgehead atoms. The van der Waals surface area contributed by atoms with Crippen LogP contribution in [0, 0.1) is 5.92 Å². The van der Waals surface area contributed by atoms with Crippen LogP contribution in [0.4, 0.5) is 0 Å². The summed E-state index contributed by atoms with van der Waals surface area (Å²) in [5.41, 5.74) is 0. The quantitative estimate of drug-likeness (QED) is 0.602. The van der Waals surface area contributed by atoms with Gasteiger partial charge >= 0.3 is 0 Å². The van der Waals surface area contributed by atoms with Gasteiger partial charge in [-0.2, -0.15) is 0 Å². The summed E-state index contributed by atoms with van der Waals surface area (Å²) in [4.78, 5) is 0. The third-order valence-electron chi connectivity index (χ3n) is 2.08. The van der Waals surface area contributed by atoms with Crippen LogP contribution in [-0.4, -0.2) is 13.6 Å². The van der Waals surface area contributed by atoms with E-state index in [0.29, 0.717) is 0 Å². The van der Waals surface area contributed by atoms with E-state index >= 15 is 0 Å². The van der Waals surface area contributed by atoms with Gasteiger partial charge < -0.3 is 5.32 Å². The summed E-state index contributed by atoms with van der Waals surface area (Å²) in [6, 6.07) is 0.